The van der Waals surface area contributed by atoms with E-state index in [-0.39, 0.29) is 110 Å². The maximum absolute atomic E-state index is 15.8. The molecule has 4 atom stereocenters. The SMILES string of the molecule is CC1CC(=O)N(CCCCCC(=O)N[C@H](C(=O)C[C@@H](CCCNC(N)=O)C(=O)Nc2ccc(CCC(=O)c3cn4c5c(c(N6CCN(C)CC6)c(F)cc5c3=O)OCC4C)cc2)C(C)C)C1=O. The Hall–Kier alpha value is -6.17. The number of unbranched alkanes of at least 4 members (excludes halogenated alkanes) is 2. The lowest BCUT2D eigenvalue weighted by Gasteiger charge is -2.37. The van der Waals surface area contributed by atoms with Crippen LogP contribution in [0.4, 0.5) is 20.6 Å². The van der Waals surface area contributed by atoms with Gasteiger partial charge in [-0.1, -0.05) is 39.3 Å². The number of amides is 6. The zero-order valence-electron chi connectivity index (χ0n) is 39.3. The summed E-state index contributed by atoms with van der Waals surface area (Å²) in [5.74, 6) is -3.40. The van der Waals surface area contributed by atoms with Gasteiger partial charge in [0.1, 0.15) is 12.3 Å². The van der Waals surface area contributed by atoms with E-state index in [0.717, 1.165) is 18.7 Å². The predicted octanol–water partition coefficient (Wildman–Crippen LogP) is 4.72. The van der Waals surface area contributed by atoms with Crippen LogP contribution in [0.25, 0.3) is 10.9 Å². The Morgan fingerprint density at radius 3 is 2.31 bits per heavy atom. The van der Waals surface area contributed by atoms with Crippen molar-refractivity contribution in [3.05, 3.63) is 63.7 Å². The molecule has 3 aliphatic rings. The molecule has 2 saturated heterocycles. The number of piperazine rings is 1. The molecule has 3 aliphatic heterocycles. The number of benzene rings is 2. The Labute approximate surface area is 390 Å². The van der Waals surface area contributed by atoms with Crippen molar-refractivity contribution in [3.63, 3.8) is 0 Å². The van der Waals surface area contributed by atoms with Gasteiger partial charge in [-0.05, 0) is 75.8 Å². The lowest BCUT2D eigenvalue weighted by Crippen LogP contribution is -2.45. The molecule has 6 rings (SSSR count). The maximum Gasteiger partial charge on any atom is 0.312 e. The number of Topliss-reactive ketones (excluding diaryl/α,β-unsaturated/α-hetero) is 2. The number of likely N-dealkylation sites (N-methyl/N-ethyl adjacent to an activating group) is 1. The van der Waals surface area contributed by atoms with E-state index in [0.29, 0.717) is 68.0 Å². The molecule has 3 aromatic rings. The first-order chi connectivity index (χ1) is 31.9. The van der Waals surface area contributed by atoms with Gasteiger partial charge in [0.2, 0.25) is 23.6 Å². The topological polar surface area (TPSA) is 223 Å². The molecular formula is C49H65FN8O9. The summed E-state index contributed by atoms with van der Waals surface area (Å²) in [5.41, 5.74) is 6.70. The normalized spacial score (nSPS) is 18.2. The Balaban J connectivity index is 1.05. The number of pyridine rings is 1. The number of aryl methyl sites for hydroxylation is 1. The molecule has 0 spiro atoms. The van der Waals surface area contributed by atoms with E-state index in [4.69, 9.17) is 10.5 Å². The molecule has 0 saturated carbocycles. The predicted molar refractivity (Wildman–Crippen MR) is 251 cm³/mol. The summed E-state index contributed by atoms with van der Waals surface area (Å²) in [6.07, 6.45) is 4.37. The molecule has 18 heteroatoms. The number of imide groups is 1. The van der Waals surface area contributed by atoms with E-state index in [9.17, 15) is 38.4 Å². The summed E-state index contributed by atoms with van der Waals surface area (Å²) in [7, 11) is 2.01. The van der Waals surface area contributed by atoms with Crippen molar-refractivity contribution in [1.82, 2.24) is 25.0 Å². The summed E-state index contributed by atoms with van der Waals surface area (Å²) in [4.78, 5) is 109. The van der Waals surface area contributed by atoms with E-state index in [1.807, 2.05) is 37.3 Å². The lowest BCUT2D eigenvalue weighted by molar-refractivity contribution is -0.139. The van der Waals surface area contributed by atoms with Crippen LogP contribution in [0, 0.1) is 23.6 Å². The van der Waals surface area contributed by atoms with E-state index in [2.05, 4.69) is 20.9 Å². The van der Waals surface area contributed by atoms with Gasteiger partial charge in [0.25, 0.3) is 0 Å². The molecule has 67 heavy (non-hydrogen) atoms. The van der Waals surface area contributed by atoms with Gasteiger partial charge in [0.05, 0.1) is 28.6 Å². The first-order valence-electron chi connectivity index (χ1n) is 23.5. The highest BCUT2D eigenvalue weighted by atomic mass is 19.1. The molecule has 5 N–H and O–H groups in total. The number of ether oxygens (including phenoxy) is 1. The average molecular weight is 929 g/mol. The average Bonchev–Trinajstić information content (AvgIpc) is 3.53. The van der Waals surface area contributed by atoms with Crippen LogP contribution >= 0.6 is 0 Å². The van der Waals surface area contributed by atoms with Crippen LogP contribution in [-0.4, -0.2) is 115 Å². The first-order valence-corrected chi connectivity index (χ1v) is 23.5. The van der Waals surface area contributed by atoms with E-state index >= 15 is 4.39 Å². The van der Waals surface area contributed by atoms with Crippen LogP contribution in [0.2, 0.25) is 0 Å². The molecule has 0 radical (unpaired) electrons. The zero-order valence-corrected chi connectivity index (χ0v) is 39.3. The van der Waals surface area contributed by atoms with Crippen molar-refractivity contribution in [2.24, 2.45) is 23.5 Å². The molecule has 2 unspecified atom stereocenters. The van der Waals surface area contributed by atoms with Crippen molar-refractivity contribution in [1.29, 1.82) is 0 Å². The van der Waals surface area contributed by atoms with Crippen LogP contribution in [0.1, 0.15) is 107 Å². The van der Waals surface area contributed by atoms with Gasteiger partial charge < -0.3 is 40.8 Å². The molecule has 4 heterocycles. The molecule has 2 fully saturated rings. The first kappa shape index (κ1) is 50.2. The molecular weight excluding hydrogens is 864 g/mol. The monoisotopic (exact) mass is 928 g/mol. The van der Waals surface area contributed by atoms with E-state index < -0.39 is 35.1 Å². The Morgan fingerprint density at radius 2 is 1.66 bits per heavy atom. The number of hydrogen-bond acceptors (Lipinski definition) is 11. The standard InChI is InChI=1S/C49H65FN8O9/c1-29(2)42(54-40(61)11-7-6-8-19-57-41(62)24-30(3)48(57)65)39(60)25-33(10-9-18-52-49(51)66)47(64)53-34-15-12-32(13-16-34)14-17-38(59)36-27-58-31(4)28-67-46-43(58)35(45(36)63)26-37(50)44(46)56-22-20-55(5)21-23-56/h12-13,15-16,26-27,29-31,33,42H,6-11,14,17-25,28H2,1-5H3,(H,53,64)(H,54,61)(H3,51,52,66)/t30?,31?,33-,42+/m1/s1. The molecule has 362 valence electrons. The molecule has 2 aromatic carbocycles. The highest BCUT2D eigenvalue weighted by molar-refractivity contribution is 6.03. The number of ketones is 2. The van der Waals surface area contributed by atoms with Crippen LogP contribution in [0.15, 0.2) is 41.3 Å². The molecule has 0 aliphatic carbocycles. The Kier molecular flexibility index (Phi) is 16.9. The van der Waals surface area contributed by atoms with E-state index in [1.54, 1.807) is 37.4 Å². The van der Waals surface area contributed by atoms with Crippen molar-refractivity contribution < 1.29 is 42.7 Å². The number of nitrogens with two attached hydrogens (primary N) is 1. The summed E-state index contributed by atoms with van der Waals surface area (Å²) < 4.78 is 23.8. The fourth-order valence-corrected chi connectivity index (χ4v) is 9.06. The minimum atomic E-state index is -0.847. The van der Waals surface area contributed by atoms with Crippen molar-refractivity contribution >= 4 is 63.5 Å². The number of carbonyl (C=O) groups is 7. The van der Waals surface area contributed by atoms with Gasteiger partial charge in [-0.2, -0.15) is 0 Å². The molecule has 0 bridgehead atoms. The number of primary amides is 1. The summed E-state index contributed by atoms with van der Waals surface area (Å²) in [5, 5.41) is 8.32. The maximum atomic E-state index is 15.8. The molecule has 1 aromatic heterocycles. The van der Waals surface area contributed by atoms with Gasteiger partial charge in [-0.3, -0.25) is 38.5 Å². The highest BCUT2D eigenvalue weighted by Crippen LogP contribution is 2.42. The third-order valence-corrected chi connectivity index (χ3v) is 13.1. The number of nitrogens with zero attached hydrogens (tertiary/aromatic N) is 4. The molecule has 6 amide bonds. The number of nitrogens with one attached hydrogen (secondary N) is 3. The summed E-state index contributed by atoms with van der Waals surface area (Å²) >= 11 is 0. The van der Waals surface area contributed by atoms with E-state index in [1.165, 1.54) is 11.0 Å². The van der Waals surface area contributed by atoms with Crippen molar-refractivity contribution in [3.8, 4) is 5.75 Å². The van der Waals surface area contributed by atoms with Crippen LogP contribution < -0.4 is 36.7 Å². The number of aromatic nitrogens is 1. The van der Waals surface area contributed by atoms with Gasteiger partial charge in [0.15, 0.2) is 28.6 Å². The van der Waals surface area contributed by atoms with Gasteiger partial charge in [-0.15, -0.1) is 0 Å². The summed E-state index contributed by atoms with van der Waals surface area (Å²) in [6, 6.07) is 6.35. The summed E-state index contributed by atoms with van der Waals surface area (Å²) in [6.45, 7) is 10.8. The number of likely N-dealkylation sites (tertiary alicyclic amines) is 1. The van der Waals surface area contributed by atoms with Crippen molar-refractivity contribution in [2.75, 3.05) is 63.1 Å². The van der Waals surface area contributed by atoms with Gasteiger partial charge in [0, 0.05) is 88.7 Å². The van der Waals surface area contributed by atoms with Crippen LogP contribution in [0.3, 0.4) is 0 Å². The fourth-order valence-electron chi connectivity index (χ4n) is 9.06. The van der Waals surface area contributed by atoms with Crippen LogP contribution in [-0.2, 0) is 30.4 Å². The number of anilines is 2. The van der Waals surface area contributed by atoms with Crippen molar-refractivity contribution in [2.45, 2.75) is 104 Å². The number of carbonyl (C=O) groups excluding carboxylic acids is 7. The number of rotatable bonds is 22. The largest absolute Gasteiger partial charge is 0.487 e. The lowest BCUT2D eigenvalue weighted by atomic mass is 9.89. The third kappa shape index (κ3) is 12.4. The minimum absolute atomic E-state index is 0.00555. The van der Waals surface area contributed by atoms with Gasteiger partial charge >= 0.3 is 6.03 Å². The second-order valence-electron chi connectivity index (χ2n) is 18.7. The van der Waals surface area contributed by atoms with Gasteiger partial charge in [-0.25, -0.2) is 9.18 Å². The fraction of sp³-hybridized carbons (Fsp3) is 0.551. The number of halogens is 1. The third-order valence-electron chi connectivity index (χ3n) is 13.1. The minimum Gasteiger partial charge on any atom is -0.487 e. The Morgan fingerprint density at radius 1 is 0.940 bits per heavy atom. The Bertz CT molecular complexity index is 2410. The molecule has 17 nitrogen and oxygen atoms in total. The second kappa shape index (κ2) is 22.5. The quantitative estimate of drug-likeness (QED) is 0.0613. The number of urea groups is 1. The second-order valence-corrected chi connectivity index (χ2v) is 18.7. The zero-order chi connectivity index (χ0) is 48.5. The highest BCUT2D eigenvalue weighted by Gasteiger charge is 2.35. The number of hydrogen-bond donors (Lipinski definition) is 4. The van der Waals surface area contributed by atoms with Crippen LogP contribution in [0.5, 0.6) is 5.75 Å². The smallest absolute Gasteiger partial charge is 0.312 e.